The zero-order valence-corrected chi connectivity index (χ0v) is 17.4. The third-order valence-electron chi connectivity index (χ3n) is 4.65. The van der Waals surface area contributed by atoms with Gasteiger partial charge >= 0.3 is 0 Å². The first-order valence-corrected chi connectivity index (χ1v) is 10.1. The van der Waals surface area contributed by atoms with E-state index in [1.165, 1.54) is 6.92 Å². The molecule has 1 heterocycles. The maximum atomic E-state index is 12.4. The van der Waals surface area contributed by atoms with E-state index in [2.05, 4.69) is 10.3 Å². The van der Waals surface area contributed by atoms with Crippen LogP contribution >= 0.6 is 11.3 Å². The van der Waals surface area contributed by atoms with Gasteiger partial charge in [0.2, 0.25) is 5.91 Å². The van der Waals surface area contributed by atoms with Crippen LogP contribution in [-0.2, 0) is 4.79 Å². The monoisotopic (exact) mass is 406 g/mol. The van der Waals surface area contributed by atoms with Gasteiger partial charge in [-0.3, -0.25) is 14.4 Å². The Hall–Kier alpha value is -3.12. The number of anilines is 1. The molecule has 0 atom stereocenters. The number of ketones is 2. The average Bonchev–Trinajstić information content (AvgIpc) is 3.13. The van der Waals surface area contributed by atoms with Crippen LogP contribution < -0.4 is 5.32 Å². The Morgan fingerprint density at radius 1 is 0.966 bits per heavy atom. The highest BCUT2D eigenvalue weighted by Gasteiger charge is 2.18. The molecule has 0 fully saturated rings. The first-order chi connectivity index (χ1) is 13.8. The highest BCUT2D eigenvalue weighted by Crippen LogP contribution is 2.31. The lowest BCUT2D eigenvalue weighted by Crippen LogP contribution is -2.13. The molecule has 0 radical (unpaired) electrons. The molecule has 0 saturated heterocycles. The molecule has 29 heavy (non-hydrogen) atoms. The number of Topliss-reactive ketones (excluding diaryl/α,β-unsaturated/α-hetero) is 2. The van der Waals surface area contributed by atoms with Crippen LogP contribution in [-0.4, -0.2) is 22.5 Å². The van der Waals surface area contributed by atoms with E-state index in [9.17, 15) is 14.4 Å². The summed E-state index contributed by atoms with van der Waals surface area (Å²) in [5, 5.41) is 3.08. The molecule has 0 saturated carbocycles. The summed E-state index contributed by atoms with van der Waals surface area (Å²) in [5.74, 6) is -0.478. The molecule has 0 aliphatic rings. The number of thiazole rings is 1. The lowest BCUT2D eigenvalue weighted by Gasteiger charge is -2.05. The number of benzene rings is 2. The van der Waals surface area contributed by atoms with Crippen LogP contribution in [0.25, 0.3) is 11.3 Å². The standard InChI is InChI=1S/C23H22N2O3S/c1-14-9-10-18(13-15(14)2)19(27)11-12-20(28)24-23-25-21(22(29-23)16(3)26)17-7-5-4-6-8-17/h4-10,13H,11-12H2,1-3H3,(H,24,25,28). The predicted molar refractivity (Wildman–Crippen MR) is 116 cm³/mol. The van der Waals surface area contributed by atoms with Crippen LogP contribution in [0.4, 0.5) is 5.13 Å². The molecule has 6 heteroatoms. The molecule has 2 aromatic carbocycles. The SMILES string of the molecule is CC(=O)c1sc(NC(=O)CCC(=O)c2ccc(C)c(C)c2)nc1-c1ccccc1. The normalized spacial score (nSPS) is 10.6. The van der Waals surface area contributed by atoms with Crippen molar-refractivity contribution < 1.29 is 14.4 Å². The van der Waals surface area contributed by atoms with Crippen molar-refractivity contribution in [3.8, 4) is 11.3 Å². The zero-order chi connectivity index (χ0) is 21.0. The Labute approximate surface area is 173 Å². The molecule has 3 rings (SSSR count). The molecule has 1 amide bonds. The van der Waals surface area contributed by atoms with Gasteiger partial charge in [-0.25, -0.2) is 4.98 Å². The van der Waals surface area contributed by atoms with Crippen molar-refractivity contribution in [3.05, 3.63) is 70.1 Å². The zero-order valence-electron chi connectivity index (χ0n) is 16.6. The van der Waals surface area contributed by atoms with Crippen molar-refractivity contribution in [1.29, 1.82) is 0 Å². The van der Waals surface area contributed by atoms with Crippen LogP contribution in [0.15, 0.2) is 48.5 Å². The third kappa shape index (κ3) is 5.03. The topological polar surface area (TPSA) is 76.1 Å². The number of nitrogens with zero attached hydrogens (tertiary/aromatic N) is 1. The van der Waals surface area contributed by atoms with Gasteiger partial charge in [-0.1, -0.05) is 53.8 Å². The number of aryl methyl sites for hydroxylation is 2. The second kappa shape index (κ2) is 8.92. The van der Waals surface area contributed by atoms with Gasteiger partial charge in [-0.15, -0.1) is 0 Å². The van der Waals surface area contributed by atoms with E-state index in [0.29, 0.717) is 21.3 Å². The van der Waals surface area contributed by atoms with Crippen LogP contribution in [0.3, 0.4) is 0 Å². The van der Waals surface area contributed by atoms with Gasteiger partial charge in [0.25, 0.3) is 0 Å². The number of amides is 1. The van der Waals surface area contributed by atoms with Crippen molar-refractivity contribution in [1.82, 2.24) is 4.98 Å². The second-order valence-electron chi connectivity index (χ2n) is 6.89. The van der Waals surface area contributed by atoms with Crippen LogP contribution in [0.1, 0.15) is 50.9 Å². The van der Waals surface area contributed by atoms with Gasteiger partial charge in [0.15, 0.2) is 16.7 Å². The van der Waals surface area contributed by atoms with Gasteiger partial charge in [-0.2, -0.15) is 0 Å². The van der Waals surface area contributed by atoms with Crippen LogP contribution in [0.2, 0.25) is 0 Å². The summed E-state index contributed by atoms with van der Waals surface area (Å²) < 4.78 is 0. The van der Waals surface area contributed by atoms with Crippen LogP contribution in [0.5, 0.6) is 0 Å². The number of carbonyl (C=O) groups is 3. The molecule has 0 aliphatic heterocycles. The quantitative estimate of drug-likeness (QED) is 0.545. The fourth-order valence-corrected chi connectivity index (χ4v) is 3.77. The molecule has 0 unspecified atom stereocenters. The molecule has 0 aliphatic carbocycles. The summed E-state index contributed by atoms with van der Waals surface area (Å²) in [7, 11) is 0. The highest BCUT2D eigenvalue weighted by atomic mass is 32.1. The van der Waals surface area contributed by atoms with Crippen molar-refractivity contribution in [2.75, 3.05) is 5.32 Å². The Balaban J connectivity index is 1.67. The summed E-state index contributed by atoms with van der Waals surface area (Å²) in [6, 6.07) is 14.9. The largest absolute Gasteiger partial charge is 0.302 e. The molecule has 0 spiro atoms. The van der Waals surface area contributed by atoms with Crippen molar-refractivity contribution in [3.63, 3.8) is 0 Å². The molecule has 0 bridgehead atoms. The maximum Gasteiger partial charge on any atom is 0.226 e. The minimum absolute atomic E-state index is 0.0570. The molecular weight excluding hydrogens is 384 g/mol. The van der Waals surface area contributed by atoms with E-state index in [0.717, 1.165) is 28.0 Å². The fourth-order valence-electron chi connectivity index (χ4n) is 2.87. The lowest BCUT2D eigenvalue weighted by molar-refractivity contribution is -0.116. The third-order valence-corrected chi connectivity index (χ3v) is 5.72. The number of hydrogen-bond acceptors (Lipinski definition) is 5. The Bertz CT molecular complexity index is 1070. The van der Waals surface area contributed by atoms with Crippen molar-refractivity contribution in [2.24, 2.45) is 0 Å². The van der Waals surface area contributed by atoms with E-state index in [1.54, 1.807) is 6.07 Å². The fraction of sp³-hybridized carbons (Fsp3) is 0.217. The Morgan fingerprint density at radius 2 is 1.69 bits per heavy atom. The molecule has 3 aromatic rings. The molecule has 5 nitrogen and oxygen atoms in total. The van der Waals surface area contributed by atoms with Crippen LogP contribution in [0, 0.1) is 13.8 Å². The summed E-state index contributed by atoms with van der Waals surface area (Å²) in [4.78, 5) is 41.6. The van der Waals surface area contributed by atoms with Crippen molar-refractivity contribution >= 4 is 33.9 Å². The predicted octanol–water partition coefficient (Wildman–Crippen LogP) is 5.23. The smallest absolute Gasteiger partial charge is 0.226 e. The summed E-state index contributed by atoms with van der Waals surface area (Å²) in [5.41, 5.74) is 4.16. The summed E-state index contributed by atoms with van der Waals surface area (Å²) in [6.45, 7) is 5.43. The van der Waals surface area contributed by atoms with Gasteiger partial charge < -0.3 is 5.32 Å². The Kier molecular flexibility index (Phi) is 6.34. The van der Waals surface area contributed by atoms with Crippen molar-refractivity contribution in [2.45, 2.75) is 33.6 Å². The summed E-state index contributed by atoms with van der Waals surface area (Å²) >= 11 is 1.15. The first-order valence-electron chi connectivity index (χ1n) is 9.32. The number of hydrogen-bond donors (Lipinski definition) is 1. The van der Waals surface area contributed by atoms with Gasteiger partial charge in [0, 0.05) is 30.9 Å². The lowest BCUT2D eigenvalue weighted by atomic mass is 10.0. The maximum absolute atomic E-state index is 12.4. The molecular formula is C23H22N2O3S. The van der Waals surface area contributed by atoms with Gasteiger partial charge in [-0.05, 0) is 31.0 Å². The Morgan fingerprint density at radius 3 is 2.34 bits per heavy atom. The number of nitrogens with one attached hydrogen (secondary N) is 1. The average molecular weight is 407 g/mol. The van der Waals surface area contributed by atoms with E-state index < -0.39 is 0 Å². The summed E-state index contributed by atoms with van der Waals surface area (Å²) in [6.07, 6.45) is 0.173. The van der Waals surface area contributed by atoms with E-state index in [-0.39, 0.29) is 30.3 Å². The van der Waals surface area contributed by atoms with E-state index in [1.807, 2.05) is 56.3 Å². The molecule has 1 aromatic heterocycles. The molecule has 148 valence electrons. The minimum atomic E-state index is -0.300. The van der Waals surface area contributed by atoms with Gasteiger partial charge in [0.1, 0.15) is 0 Å². The first kappa shape index (κ1) is 20.6. The number of carbonyl (C=O) groups excluding carboxylic acids is 3. The minimum Gasteiger partial charge on any atom is -0.302 e. The second-order valence-corrected chi connectivity index (χ2v) is 7.89. The highest BCUT2D eigenvalue weighted by molar-refractivity contribution is 7.18. The van der Waals surface area contributed by atoms with E-state index in [4.69, 9.17) is 0 Å². The number of rotatable bonds is 7. The molecule has 1 N–H and O–H groups in total. The van der Waals surface area contributed by atoms with E-state index >= 15 is 0 Å². The number of aromatic nitrogens is 1. The van der Waals surface area contributed by atoms with Gasteiger partial charge in [0.05, 0.1) is 10.6 Å².